The van der Waals surface area contributed by atoms with E-state index in [0.717, 1.165) is 6.42 Å². The second-order valence-electron chi connectivity index (χ2n) is 5.67. The summed E-state index contributed by atoms with van der Waals surface area (Å²) < 4.78 is 15.7. The Bertz CT molecular complexity index is 704. The van der Waals surface area contributed by atoms with Crippen molar-refractivity contribution in [2.24, 2.45) is 0 Å². The minimum absolute atomic E-state index is 0.287. The Hall–Kier alpha value is -3.02. The van der Waals surface area contributed by atoms with Crippen LogP contribution in [0.4, 0.5) is 9.59 Å². The van der Waals surface area contributed by atoms with Gasteiger partial charge in [-0.25, -0.2) is 9.59 Å². The van der Waals surface area contributed by atoms with E-state index >= 15 is 0 Å². The summed E-state index contributed by atoms with van der Waals surface area (Å²) in [6, 6.07) is 17.6. The summed E-state index contributed by atoms with van der Waals surface area (Å²) in [5, 5.41) is 0. The Morgan fingerprint density at radius 3 is 2.12 bits per heavy atom. The summed E-state index contributed by atoms with van der Waals surface area (Å²) in [4.78, 5) is 25.6. The number of hydrogen-bond donors (Lipinski definition) is 0. The molecule has 1 atom stereocenters. The molecule has 2 aromatic rings. The molecule has 0 N–H and O–H groups in total. The Kier molecular flexibility index (Phi) is 5.51. The molecule has 1 heterocycles. The van der Waals surface area contributed by atoms with Gasteiger partial charge in [-0.1, -0.05) is 36.4 Å². The topological polar surface area (TPSA) is 65.1 Å². The van der Waals surface area contributed by atoms with Crippen LogP contribution in [0.5, 0.6) is 11.5 Å². The van der Waals surface area contributed by atoms with Gasteiger partial charge >= 0.3 is 12.2 Å². The molecule has 0 saturated carbocycles. The van der Waals surface area contributed by atoms with Gasteiger partial charge in [0.15, 0.2) is 0 Å². The molecule has 0 aromatic heterocycles. The molecule has 2 aromatic carbocycles. The molecular weight excluding hydrogens is 322 g/mol. The van der Waals surface area contributed by atoms with Crippen LogP contribution in [-0.2, 0) is 4.74 Å². The minimum atomic E-state index is -0.769. The van der Waals surface area contributed by atoms with Gasteiger partial charge in [-0.3, -0.25) is 0 Å². The van der Waals surface area contributed by atoms with Gasteiger partial charge in [0.2, 0.25) is 0 Å². The molecule has 1 amide bonds. The lowest BCUT2D eigenvalue weighted by Crippen LogP contribution is -2.45. The second kappa shape index (κ2) is 8.19. The smallest absolute Gasteiger partial charge is 0.429 e. The molecule has 1 unspecified atom stereocenters. The van der Waals surface area contributed by atoms with Gasteiger partial charge < -0.3 is 19.1 Å². The number of likely N-dealkylation sites (tertiary alicyclic amines) is 1. The summed E-state index contributed by atoms with van der Waals surface area (Å²) in [6.45, 7) is 0.856. The molecule has 25 heavy (non-hydrogen) atoms. The summed E-state index contributed by atoms with van der Waals surface area (Å²) in [7, 11) is 0. The third-order valence-electron chi connectivity index (χ3n) is 3.79. The highest BCUT2D eigenvalue weighted by molar-refractivity contribution is 5.71. The third kappa shape index (κ3) is 4.97. The Labute approximate surface area is 145 Å². The number of amides is 1. The molecule has 6 nitrogen and oxygen atoms in total. The maximum absolute atomic E-state index is 12.2. The van der Waals surface area contributed by atoms with Crippen molar-refractivity contribution in [1.29, 1.82) is 0 Å². The van der Waals surface area contributed by atoms with Gasteiger partial charge in [-0.05, 0) is 37.1 Å². The predicted molar refractivity (Wildman–Crippen MR) is 90.6 cm³/mol. The fourth-order valence-electron chi connectivity index (χ4n) is 2.60. The zero-order valence-corrected chi connectivity index (χ0v) is 13.7. The molecule has 3 rings (SSSR count). The van der Waals surface area contributed by atoms with E-state index in [-0.39, 0.29) is 6.54 Å². The van der Waals surface area contributed by atoms with Crippen LogP contribution < -0.4 is 9.47 Å². The molecular formula is C19H19NO5. The van der Waals surface area contributed by atoms with Crippen LogP contribution in [0.1, 0.15) is 12.8 Å². The third-order valence-corrected chi connectivity index (χ3v) is 3.79. The van der Waals surface area contributed by atoms with Crippen LogP contribution >= 0.6 is 0 Å². The lowest BCUT2D eigenvalue weighted by Gasteiger charge is -2.31. The first-order valence-corrected chi connectivity index (χ1v) is 8.16. The fourth-order valence-corrected chi connectivity index (χ4v) is 2.60. The standard InChI is InChI=1S/C19H19NO5/c21-18(23-15-8-3-1-4-9-15)20-13-7-12-17(14-20)25-19(22)24-16-10-5-2-6-11-16/h1-6,8-11,17H,7,12-14H2. The summed E-state index contributed by atoms with van der Waals surface area (Å²) in [6.07, 6.45) is -0.217. The van der Waals surface area contributed by atoms with Crippen LogP contribution in [0.3, 0.4) is 0 Å². The van der Waals surface area contributed by atoms with Crippen molar-refractivity contribution in [3.05, 3.63) is 60.7 Å². The number of hydrogen-bond acceptors (Lipinski definition) is 5. The minimum Gasteiger partial charge on any atom is -0.429 e. The van der Waals surface area contributed by atoms with Gasteiger partial charge in [-0.2, -0.15) is 0 Å². The van der Waals surface area contributed by atoms with Crippen LogP contribution in [-0.4, -0.2) is 36.3 Å². The average molecular weight is 341 g/mol. The second-order valence-corrected chi connectivity index (χ2v) is 5.67. The molecule has 1 aliphatic heterocycles. The number of carbonyl (C=O) groups is 2. The van der Waals surface area contributed by atoms with Gasteiger partial charge in [0.05, 0.1) is 6.54 Å². The van der Waals surface area contributed by atoms with E-state index in [1.54, 1.807) is 48.5 Å². The zero-order valence-electron chi connectivity index (χ0n) is 13.7. The number of nitrogens with zero attached hydrogens (tertiary/aromatic N) is 1. The van der Waals surface area contributed by atoms with E-state index in [4.69, 9.17) is 14.2 Å². The Balaban J connectivity index is 1.50. The van der Waals surface area contributed by atoms with Gasteiger partial charge in [0.25, 0.3) is 0 Å². The fraction of sp³-hybridized carbons (Fsp3) is 0.263. The maximum atomic E-state index is 12.2. The lowest BCUT2D eigenvalue weighted by atomic mass is 10.1. The highest BCUT2D eigenvalue weighted by Gasteiger charge is 2.28. The number of benzene rings is 2. The van der Waals surface area contributed by atoms with Crippen molar-refractivity contribution >= 4 is 12.2 Å². The van der Waals surface area contributed by atoms with Crippen molar-refractivity contribution in [2.75, 3.05) is 13.1 Å². The van der Waals surface area contributed by atoms with E-state index in [1.807, 2.05) is 12.1 Å². The molecule has 1 fully saturated rings. The summed E-state index contributed by atoms with van der Waals surface area (Å²) in [5.74, 6) is 0.905. The number of carbonyl (C=O) groups excluding carboxylic acids is 2. The molecule has 130 valence electrons. The molecule has 1 saturated heterocycles. The van der Waals surface area contributed by atoms with Crippen molar-refractivity contribution in [3.8, 4) is 11.5 Å². The van der Waals surface area contributed by atoms with Crippen LogP contribution in [0.15, 0.2) is 60.7 Å². The predicted octanol–water partition coefficient (Wildman–Crippen LogP) is 3.87. The first-order valence-electron chi connectivity index (χ1n) is 8.16. The Morgan fingerprint density at radius 2 is 1.48 bits per heavy atom. The number of rotatable bonds is 3. The van der Waals surface area contributed by atoms with Crippen molar-refractivity contribution < 1.29 is 23.8 Å². The zero-order chi connectivity index (χ0) is 17.5. The maximum Gasteiger partial charge on any atom is 0.514 e. The molecule has 6 heteroatoms. The first kappa shape index (κ1) is 16.8. The summed E-state index contributed by atoms with van der Waals surface area (Å²) >= 11 is 0. The van der Waals surface area contributed by atoms with E-state index in [0.29, 0.717) is 24.5 Å². The highest BCUT2D eigenvalue weighted by atomic mass is 16.7. The Morgan fingerprint density at radius 1 is 0.880 bits per heavy atom. The monoisotopic (exact) mass is 341 g/mol. The van der Waals surface area contributed by atoms with Crippen molar-refractivity contribution in [3.63, 3.8) is 0 Å². The molecule has 0 radical (unpaired) electrons. The largest absolute Gasteiger partial charge is 0.514 e. The molecule has 0 aliphatic carbocycles. The lowest BCUT2D eigenvalue weighted by molar-refractivity contribution is 0.0210. The molecule has 0 bridgehead atoms. The van der Waals surface area contributed by atoms with Crippen molar-refractivity contribution in [2.45, 2.75) is 18.9 Å². The van der Waals surface area contributed by atoms with Crippen molar-refractivity contribution in [1.82, 2.24) is 4.90 Å². The molecule has 1 aliphatic rings. The van der Waals surface area contributed by atoms with E-state index < -0.39 is 18.4 Å². The average Bonchev–Trinajstić information content (AvgIpc) is 2.63. The van der Waals surface area contributed by atoms with Crippen LogP contribution in [0.25, 0.3) is 0 Å². The van der Waals surface area contributed by atoms with Gasteiger partial charge in [0.1, 0.15) is 17.6 Å². The van der Waals surface area contributed by atoms with E-state index in [1.165, 1.54) is 4.90 Å². The quantitative estimate of drug-likeness (QED) is 0.626. The van der Waals surface area contributed by atoms with Crippen LogP contribution in [0.2, 0.25) is 0 Å². The molecule has 0 spiro atoms. The van der Waals surface area contributed by atoms with Gasteiger partial charge in [-0.15, -0.1) is 0 Å². The van der Waals surface area contributed by atoms with Crippen LogP contribution in [0, 0.1) is 0 Å². The SMILES string of the molecule is O=C(Oc1ccccc1)OC1CCCN(C(=O)Oc2ccccc2)C1. The number of piperidine rings is 1. The van der Waals surface area contributed by atoms with E-state index in [9.17, 15) is 9.59 Å². The summed E-state index contributed by atoms with van der Waals surface area (Å²) in [5.41, 5.74) is 0. The number of ether oxygens (including phenoxy) is 3. The highest BCUT2D eigenvalue weighted by Crippen LogP contribution is 2.18. The number of para-hydroxylation sites is 2. The van der Waals surface area contributed by atoms with Gasteiger partial charge in [0, 0.05) is 6.54 Å². The first-order chi connectivity index (χ1) is 12.2. The normalized spacial score (nSPS) is 16.8. The van der Waals surface area contributed by atoms with E-state index in [2.05, 4.69) is 0 Å².